The van der Waals surface area contributed by atoms with Crippen LogP contribution in [-0.4, -0.2) is 21.9 Å². The molecule has 0 aromatic rings. The predicted octanol–water partition coefficient (Wildman–Crippen LogP) is 7.93. The molecule has 182 valence electrons. The molecule has 5 atom stereocenters. The Morgan fingerprint density at radius 3 is 2.53 bits per heavy atom. The van der Waals surface area contributed by atoms with E-state index in [-0.39, 0.29) is 0 Å². The van der Waals surface area contributed by atoms with Crippen LogP contribution in [0.15, 0.2) is 47.6 Å². The summed E-state index contributed by atoms with van der Waals surface area (Å²) in [5.41, 5.74) is 4.70. The van der Waals surface area contributed by atoms with Crippen LogP contribution in [0.1, 0.15) is 106 Å². The van der Waals surface area contributed by atoms with Crippen molar-refractivity contribution in [2.75, 3.05) is 0 Å². The molecule has 0 aliphatic heterocycles. The predicted molar refractivity (Wildman–Crippen MR) is 139 cm³/mol. The van der Waals surface area contributed by atoms with Gasteiger partial charge in [-0.15, -0.1) is 0 Å². The minimum atomic E-state index is -0.543. The molecule has 2 nitrogen and oxygen atoms in total. The number of aliphatic hydroxyl groups is 2. The van der Waals surface area contributed by atoms with Gasteiger partial charge in [0.05, 0.1) is 11.7 Å². The molecule has 3 aliphatic carbocycles. The first-order valence-electron chi connectivity index (χ1n) is 13.2. The fourth-order valence-corrected chi connectivity index (χ4v) is 6.67. The molecule has 0 bridgehead atoms. The summed E-state index contributed by atoms with van der Waals surface area (Å²) in [7, 11) is 0. The second kappa shape index (κ2) is 11.3. The Labute approximate surface area is 198 Å². The maximum absolute atomic E-state index is 10.2. The van der Waals surface area contributed by atoms with E-state index in [1.54, 1.807) is 5.57 Å². The molecule has 0 aromatic heterocycles. The third-order valence-electron chi connectivity index (χ3n) is 8.45. The van der Waals surface area contributed by atoms with E-state index < -0.39 is 11.7 Å². The van der Waals surface area contributed by atoms with Gasteiger partial charge in [-0.3, -0.25) is 0 Å². The van der Waals surface area contributed by atoms with E-state index in [1.807, 2.05) is 27.7 Å². The second-order valence-electron chi connectivity index (χ2n) is 11.4. The molecule has 0 saturated heterocycles. The lowest BCUT2D eigenvalue weighted by Crippen LogP contribution is -2.36. The Kier molecular flexibility index (Phi) is 9.61. The average Bonchev–Trinajstić information content (AvgIpc) is 3.08. The Hall–Kier alpha value is -1.12. The fourth-order valence-electron chi connectivity index (χ4n) is 6.67. The summed E-state index contributed by atoms with van der Waals surface area (Å²) in [6.45, 7) is 21.0. The van der Waals surface area contributed by atoms with Crippen molar-refractivity contribution in [3.05, 3.63) is 47.6 Å². The quantitative estimate of drug-likeness (QED) is 0.410. The molecule has 2 heteroatoms. The van der Waals surface area contributed by atoms with Crippen LogP contribution in [0.3, 0.4) is 0 Å². The van der Waals surface area contributed by atoms with Crippen LogP contribution in [0.2, 0.25) is 0 Å². The van der Waals surface area contributed by atoms with Gasteiger partial charge in [0.2, 0.25) is 0 Å². The van der Waals surface area contributed by atoms with E-state index in [0.717, 1.165) is 42.2 Å². The molecule has 0 radical (unpaired) electrons. The molecule has 2 N–H and O–H groups in total. The zero-order valence-electron chi connectivity index (χ0n) is 21.8. The van der Waals surface area contributed by atoms with Gasteiger partial charge in [0, 0.05) is 6.42 Å². The van der Waals surface area contributed by atoms with Gasteiger partial charge in [0.1, 0.15) is 0 Å². The van der Waals surface area contributed by atoms with E-state index >= 15 is 0 Å². The maximum atomic E-state index is 10.2. The van der Waals surface area contributed by atoms with Gasteiger partial charge >= 0.3 is 0 Å². The van der Waals surface area contributed by atoms with Crippen molar-refractivity contribution in [2.24, 2.45) is 23.2 Å². The molecule has 0 amide bonds. The highest BCUT2D eigenvalue weighted by Gasteiger charge is 2.50. The zero-order chi connectivity index (χ0) is 24.1. The SMILES string of the molecule is C=C1CC(=C)[C@H](O)C/C1=C/C=C1\CCCC2(C)[C@@H]([C@H](C)CCCC(C)(C)O)CC[C@@H]12.CC. The van der Waals surface area contributed by atoms with E-state index in [0.29, 0.717) is 17.8 Å². The van der Waals surface area contributed by atoms with E-state index in [2.05, 4.69) is 39.2 Å². The van der Waals surface area contributed by atoms with Gasteiger partial charge < -0.3 is 10.2 Å². The van der Waals surface area contributed by atoms with Crippen molar-refractivity contribution in [1.82, 2.24) is 0 Å². The first kappa shape index (κ1) is 27.1. The Balaban J connectivity index is 0.00000176. The summed E-state index contributed by atoms with van der Waals surface area (Å²) < 4.78 is 0. The smallest absolute Gasteiger partial charge is 0.0791 e. The zero-order valence-corrected chi connectivity index (χ0v) is 21.8. The summed E-state index contributed by atoms with van der Waals surface area (Å²) in [5, 5.41) is 20.2. The highest BCUT2D eigenvalue weighted by molar-refractivity contribution is 5.41. The third kappa shape index (κ3) is 6.48. The topological polar surface area (TPSA) is 40.5 Å². The van der Waals surface area contributed by atoms with Crippen LogP contribution < -0.4 is 0 Å². The monoisotopic (exact) mass is 442 g/mol. The molecule has 3 fully saturated rings. The lowest BCUT2D eigenvalue weighted by Gasteiger charge is -2.44. The van der Waals surface area contributed by atoms with Gasteiger partial charge in [-0.25, -0.2) is 0 Å². The molecule has 1 unspecified atom stereocenters. The largest absolute Gasteiger partial charge is 0.390 e. The van der Waals surface area contributed by atoms with Crippen molar-refractivity contribution >= 4 is 0 Å². The summed E-state index contributed by atoms with van der Waals surface area (Å²) in [6, 6.07) is 0. The molecule has 0 heterocycles. The molecule has 3 saturated carbocycles. The lowest BCUT2D eigenvalue weighted by molar-refractivity contribution is 0.0596. The summed E-state index contributed by atoms with van der Waals surface area (Å²) in [5.74, 6) is 2.20. The number of allylic oxidation sites excluding steroid dienone is 4. The van der Waals surface area contributed by atoms with Crippen LogP contribution in [-0.2, 0) is 0 Å². The first-order chi connectivity index (χ1) is 15.0. The first-order valence-corrected chi connectivity index (χ1v) is 13.2. The number of fused-ring (bicyclic) bond motifs is 1. The van der Waals surface area contributed by atoms with Crippen LogP contribution in [0, 0.1) is 23.2 Å². The van der Waals surface area contributed by atoms with Gasteiger partial charge in [0.15, 0.2) is 0 Å². The van der Waals surface area contributed by atoms with Gasteiger partial charge in [0.25, 0.3) is 0 Å². The minimum Gasteiger partial charge on any atom is -0.390 e. The molecule has 0 aromatic carbocycles. The normalized spacial score (nSPS) is 34.3. The summed E-state index contributed by atoms with van der Waals surface area (Å²) in [6.07, 6.45) is 15.3. The maximum Gasteiger partial charge on any atom is 0.0791 e. The van der Waals surface area contributed by atoms with Crippen molar-refractivity contribution in [3.8, 4) is 0 Å². The second-order valence-corrected chi connectivity index (χ2v) is 11.4. The number of hydrogen-bond donors (Lipinski definition) is 2. The van der Waals surface area contributed by atoms with Crippen LogP contribution >= 0.6 is 0 Å². The highest BCUT2D eigenvalue weighted by Crippen LogP contribution is 2.60. The van der Waals surface area contributed by atoms with Gasteiger partial charge in [-0.05, 0) is 98.7 Å². The number of rotatable bonds is 6. The van der Waals surface area contributed by atoms with Crippen LogP contribution in [0.25, 0.3) is 0 Å². The van der Waals surface area contributed by atoms with Crippen molar-refractivity contribution in [1.29, 1.82) is 0 Å². The third-order valence-corrected chi connectivity index (χ3v) is 8.45. The molecule has 0 spiro atoms. The number of aliphatic hydroxyl groups excluding tert-OH is 1. The van der Waals surface area contributed by atoms with Gasteiger partial charge in [-0.1, -0.05) is 71.4 Å². The summed E-state index contributed by atoms with van der Waals surface area (Å²) >= 11 is 0. The van der Waals surface area contributed by atoms with Gasteiger partial charge in [-0.2, -0.15) is 0 Å². The fraction of sp³-hybridized carbons (Fsp3) is 0.733. The lowest BCUT2D eigenvalue weighted by atomic mass is 9.60. The Morgan fingerprint density at radius 1 is 1.19 bits per heavy atom. The van der Waals surface area contributed by atoms with E-state index in [9.17, 15) is 10.2 Å². The molecule has 32 heavy (non-hydrogen) atoms. The Bertz CT molecular complexity index is 720. The molecular weight excluding hydrogens is 392 g/mol. The van der Waals surface area contributed by atoms with Crippen molar-refractivity contribution in [2.45, 2.75) is 117 Å². The molecular formula is C30H50O2. The van der Waals surface area contributed by atoms with Crippen LogP contribution in [0.4, 0.5) is 0 Å². The van der Waals surface area contributed by atoms with Crippen molar-refractivity contribution in [3.63, 3.8) is 0 Å². The highest BCUT2D eigenvalue weighted by atomic mass is 16.3. The number of hydrogen-bond acceptors (Lipinski definition) is 2. The summed E-state index contributed by atoms with van der Waals surface area (Å²) in [4.78, 5) is 0. The minimum absolute atomic E-state index is 0.411. The van der Waals surface area contributed by atoms with E-state index in [1.165, 1.54) is 44.1 Å². The van der Waals surface area contributed by atoms with Crippen molar-refractivity contribution < 1.29 is 10.2 Å². The average molecular weight is 443 g/mol. The standard InChI is InChI=1S/C28H44O2.C2H6/c1-19(9-7-15-27(4,5)30)24-13-14-25-22(10-8-16-28(24,25)6)11-12-23-18-26(29)21(3)17-20(23)2;1-2/h11-12,19,24-26,29-30H,2-3,7-10,13-18H2,1,4-6H3;1-2H3/b22-11+,23-12-;/t19-,24-,25+,26-,28?;/m1./s1. The molecule has 3 aliphatic rings. The van der Waals surface area contributed by atoms with Crippen LogP contribution in [0.5, 0.6) is 0 Å². The Morgan fingerprint density at radius 2 is 1.88 bits per heavy atom. The van der Waals surface area contributed by atoms with E-state index in [4.69, 9.17) is 0 Å². The molecule has 3 rings (SSSR count).